The first-order valence-electron chi connectivity index (χ1n) is 17.3. The summed E-state index contributed by atoms with van der Waals surface area (Å²) in [6.45, 7) is 12.2. The lowest BCUT2D eigenvalue weighted by atomic mass is 9.49. The lowest BCUT2D eigenvalue weighted by Gasteiger charge is -2.64. The van der Waals surface area contributed by atoms with E-state index in [1.165, 1.54) is 6.92 Å². The molecule has 0 unspecified atom stereocenters. The Bertz CT molecular complexity index is 1250. The fourth-order valence-corrected chi connectivity index (χ4v) is 12.2. The van der Waals surface area contributed by atoms with Crippen molar-refractivity contribution in [1.82, 2.24) is 4.90 Å². The number of ether oxygens (including phenoxy) is 3. The Hall–Kier alpha value is -1.34. The molecule has 3 aliphatic heterocycles. The summed E-state index contributed by atoms with van der Waals surface area (Å²) < 4.78 is 18.9. The van der Waals surface area contributed by atoms with E-state index in [0.29, 0.717) is 31.7 Å². The van der Waals surface area contributed by atoms with Gasteiger partial charge in [0.25, 0.3) is 0 Å². The highest BCUT2D eigenvalue weighted by Crippen LogP contribution is 2.77. The molecule has 3 heterocycles. The van der Waals surface area contributed by atoms with Crippen LogP contribution in [0.1, 0.15) is 86.5 Å². The predicted octanol–water partition coefficient (Wildman–Crippen LogP) is 1.35. The number of piperidine rings is 2. The van der Waals surface area contributed by atoms with Crippen molar-refractivity contribution in [1.29, 1.82) is 0 Å². The van der Waals surface area contributed by atoms with E-state index in [0.717, 1.165) is 19.4 Å². The molecule has 11 heteroatoms. The van der Waals surface area contributed by atoms with Crippen molar-refractivity contribution in [2.45, 2.75) is 140 Å². The molecule has 5 N–H and O–H groups in total. The van der Waals surface area contributed by atoms with Crippen molar-refractivity contribution < 1.29 is 49.3 Å². The maximum Gasteiger partial charge on any atom is 0.309 e. The van der Waals surface area contributed by atoms with Crippen molar-refractivity contribution in [2.24, 2.45) is 46.8 Å². The van der Waals surface area contributed by atoms with Crippen LogP contribution >= 0.6 is 0 Å². The lowest BCUT2D eigenvalue weighted by Crippen LogP contribution is -2.77. The Morgan fingerprint density at radius 3 is 2.44 bits per heavy atom. The van der Waals surface area contributed by atoms with Gasteiger partial charge in [0, 0.05) is 43.3 Å². The third-order valence-corrected chi connectivity index (χ3v) is 14.4. The summed E-state index contributed by atoms with van der Waals surface area (Å²) in [7, 11) is 0. The fourth-order valence-electron chi connectivity index (χ4n) is 12.2. The van der Waals surface area contributed by atoms with Crippen LogP contribution in [0.3, 0.4) is 0 Å². The summed E-state index contributed by atoms with van der Waals surface area (Å²) in [5, 5.41) is 61.3. The molecular formula is C34H53NO10. The van der Waals surface area contributed by atoms with Crippen molar-refractivity contribution in [3.63, 3.8) is 0 Å². The summed E-state index contributed by atoms with van der Waals surface area (Å²) in [5.74, 6) is -6.38. The standard InChI is InChI=1S/C34H53NO10/c1-7-17(3)29(39)44-28-26(38)25-19(15-35-14-16(2)8-9-23(35)31(25,6)40)20-13-32-27(33(20,28)41)21(43-18(4)36)12-22-30(32,5)11-10-24(37)34(22,42)45-32/h16-17,19-28,37-38,40-42H,7-15H2,1-6H3/t16-,17+,19-,20-,21+,22-,23-,24-,25+,26+,27+,28-,30-,31+,32+,33-,34-/m0/s1. The summed E-state index contributed by atoms with van der Waals surface area (Å²) in [4.78, 5) is 28.4. The quantitative estimate of drug-likeness (QED) is 0.283. The molecule has 11 nitrogen and oxygen atoms in total. The zero-order chi connectivity index (χ0) is 32.6. The minimum absolute atomic E-state index is 0.144. The molecule has 4 saturated carbocycles. The van der Waals surface area contributed by atoms with Gasteiger partial charge in [0.1, 0.15) is 17.8 Å². The Morgan fingerprint density at radius 2 is 1.78 bits per heavy atom. The number of carbonyl (C=O) groups is 2. The first kappa shape index (κ1) is 32.2. The molecule has 7 rings (SSSR count). The van der Waals surface area contributed by atoms with Gasteiger partial charge in [-0.25, -0.2) is 0 Å². The second-order valence-corrected chi connectivity index (χ2v) is 16.6. The van der Waals surface area contributed by atoms with Gasteiger partial charge in [0.05, 0.1) is 29.1 Å². The Kier molecular flexibility index (Phi) is 7.22. The number of carbonyl (C=O) groups excluding carboxylic acids is 2. The molecule has 0 aromatic heterocycles. The van der Waals surface area contributed by atoms with Gasteiger partial charge in [-0.3, -0.25) is 14.5 Å². The van der Waals surface area contributed by atoms with E-state index in [-0.39, 0.29) is 18.9 Å². The molecule has 0 aromatic carbocycles. The molecular weight excluding hydrogens is 582 g/mol. The molecule has 45 heavy (non-hydrogen) atoms. The van der Waals surface area contributed by atoms with Gasteiger partial charge >= 0.3 is 11.9 Å². The molecule has 0 amide bonds. The summed E-state index contributed by atoms with van der Waals surface area (Å²) in [6.07, 6.45) is -1.49. The van der Waals surface area contributed by atoms with Crippen molar-refractivity contribution >= 4 is 11.9 Å². The summed E-state index contributed by atoms with van der Waals surface area (Å²) in [5.41, 5.74) is -5.23. The second kappa shape index (κ2) is 10.1. The molecule has 4 aliphatic carbocycles. The van der Waals surface area contributed by atoms with Crippen LogP contribution in [-0.2, 0) is 23.8 Å². The van der Waals surface area contributed by atoms with E-state index in [1.807, 2.05) is 13.8 Å². The topological polar surface area (TPSA) is 166 Å². The van der Waals surface area contributed by atoms with Gasteiger partial charge in [-0.1, -0.05) is 27.7 Å². The molecule has 7 fully saturated rings. The summed E-state index contributed by atoms with van der Waals surface area (Å²) in [6, 6.07) is -0.197. The fraction of sp³-hybridized carbons (Fsp3) is 0.941. The average Bonchev–Trinajstić information content (AvgIpc) is 3.24. The molecule has 7 aliphatic rings. The van der Waals surface area contributed by atoms with E-state index in [4.69, 9.17) is 14.2 Å². The molecule has 4 bridgehead atoms. The molecule has 3 saturated heterocycles. The lowest BCUT2D eigenvalue weighted by molar-refractivity contribution is -0.299. The third-order valence-electron chi connectivity index (χ3n) is 14.4. The highest BCUT2D eigenvalue weighted by molar-refractivity contribution is 5.72. The first-order chi connectivity index (χ1) is 21.0. The molecule has 0 radical (unpaired) electrons. The van der Waals surface area contributed by atoms with Crippen LogP contribution in [0.5, 0.6) is 0 Å². The van der Waals surface area contributed by atoms with Crippen LogP contribution in [0.25, 0.3) is 0 Å². The minimum atomic E-state index is -1.92. The second-order valence-electron chi connectivity index (χ2n) is 16.6. The summed E-state index contributed by atoms with van der Waals surface area (Å²) >= 11 is 0. The largest absolute Gasteiger partial charge is 0.462 e. The van der Waals surface area contributed by atoms with Crippen molar-refractivity contribution in [2.75, 3.05) is 13.1 Å². The number of hydrogen-bond donors (Lipinski definition) is 5. The zero-order valence-electron chi connectivity index (χ0n) is 27.5. The molecule has 254 valence electrons. The van der Waals surface area contributed by atoms with Crippen molar-refractivity contribution in [3.05, 3.63) is 0 Å². The van der Waals surface area contributed by atoms with Gasteiger partial charge in [0.2, 0.25) is 0 Å². The monoisotopic (exact) mass is 635 g/mol. The van der Waals surface area contributed by atoms with Gasteiger partial charge in [-0.2, -0.15) is 0 Å². The van der Waals surface area contributed by atoms with Gasteiger partial charge in [-0.05, 0) is 69.6 Å². The molecule has 0 aromatic rings. The number of aliphatic hydroxyl groups excluding tert-OH is 2. The Labute approximate surface area is 265 Å². The van der Waals surface area contributed by atoms with E-state index in [2.05, 4.69) is 11.8 Å². The van der Waals surface area contributed by atoms with Gasteiger partial charge in [0.15, 0.2) is 11.9 Å². The number of fused-ring (bicyclic) bond motifs is 5. The number of nitrogens with zero attached hydrogens (tertiary/aromatic N) is 1. The minimum Gasteiger partial charge on any atom is -0.462 e. The van der Waals surface area contributed by atoms with Crippen LogP contribution in [0.2, 0.25) is 0 Å². The van der Waals surface area contributed by atoms with Crippen LogP contribution in [0.4, 0.5) is 0 Å². The van der Waals surface area contributed by atoms with Gasteiger partial charge in [-0.15, -0.1) is 0 Å². The zero-order valence-corrected chi connectivity index (χ0v) is 27.5. The van der Waals surface area contributed by atoms with Crippen LogP contribution in [0.15, 0.2) is 0 Å². The van der Waals surface area contributed by atoms with E-state index >= 15 is 0 Å². The highest BCUT2D eigenvalue weighted by atomic mass is 16.7. The Balaban J connectivity index is 1.42. The van der Waals surface area contributed by atoms with Crippen LogP contribution < -0.4 is 0 Å². The smallest absolute Gasteiger partial charge is 0.309 e. The molecule has 1 spiro atoms. The van der Waals surface area contributed by atoms with E-state index in [9.17, 15) is 35.1 Å². The maximum absolute atomic E-state index is 13.5. The number of hydrogen-bond acceptors (Lipinski definition) is 11. The van der Waals surface area contributed by atoms with Gasteiger partial charge < -0.3 is 39.7 Å². The first-order valence-corrected chi connectivity index (χ1v) is 17.3. The van der Waals surface area contributed by atoms with E-state index < -0.39 is 99.9 Å². The third kappa shape index (κ3) is 3.95. The number of aliphatic hydroxyl groups is 5. The highest BCUT2D eigenvalue weighted by Gasteiger charge is 2.87. The average molecular weight is 636 g/mol. The predicted molar refractivity (Wildman–Crippen MR) is 159 cm³/mol. The Morgan fingerprint density at radius 1 is 1.07 bits per heavy atom. The number of rotatable bonds is 4. The van der Waals surface area contributed by atoms with Crippen LogP contribution in [-0.4, -0.2) is 109 Å². The maximum atomic E-state index is 13.5. The van der Waals surface area contributed by atoms with Crippen LogP contribution in [0, 0.1) is 46.8 Å². The number of esters is 2. The van der Waals surface area contributed by atoms with Crippen molar-refractivity contribution in [3.8, 4) is 0 Å². The SMILES string of the molecule is CC[C@@H](C)C(=O)O[C@H]1[C@H](O)[C@H]2[C@@H](CN3C[C@@H](C)CC[C@H]3[C@@]2(C)O)[C@@H]2C[C@@]34O[C@@]5(O)[C@@H](C[C@@H](OC(C)=O)[C@H]3[C@@]21O)[C@]4(C)CC[C@@H]5O. The van der Waals surface area contributed by atoms with E-state index in [1.54, 1.807) is 13.8 Å². The molecule has 17 atom stereocenters. The normalized spacial score (nSPS) is 57.2.